The molecule has 0 rings (SSSR count). The van der Waals surface area contributed by atoms with Gasteiger partial charge < -0.3 is 0 Å². The Labute approximate surface area is 84.3 Å². The standard InChI is InChI=1S/C8H14Cl2N2/c1-7(2)4-5-8(3,6-11)12(9)10/h7H,4-5H2,1-3H3. The van der Waals surface area contributed by atoms with Crippen LogP contribution in [0.1, 0.15) is 33.6 Å². The summed E-state index contributed by atoms with van der Waals surface area (Å²) in [6, 6.07) is 2.10. The molecule has 0 saturated heterocycles. The van der Waals surface area contributed by atoms with E-state index in [2.05, 4.69) is 19.9 Å². The molecule has 0 aromatic rings. The molecular weight excluding hydrogens is 195 g/mol. The first-order chi connectivity index (χ1) is 5.42. The third-order valence-electron chi connectivity index (χ3n) is 1.82. The Hall–Kier alpha value is 0.0300. The predicted molar refractivity (Wildman–Crippen MR) is 51.6 cm³/mol. The molecule has 0 amide bonds. The van der Waals surface area contributed by atoms with Crippen LogP contribution in [-0.4, -0.2) is 9.48 Å². The van der Waals surface area contributed by atoms with E-state index in [1.807, 2.05) is 0 Å². The highest BCUT2D eigenvalue weighted by Crippen LogP contribution is 2.26. The number of rotatable bonds is 4. The minimum absolute atomic E-state index is 0.561. The van der Waals surface area contributed by atoms with Crippen LogP contribution in [0.15, 0.2) is 0 Å². The zero-order valence-electron chi connectivity index (χ0n) is 7.64. The predicted octanol–water partition coefficient (Wildman–Crippen LogP) is 3.31. The molecule has 1 unspecified atom stereocenters. The molecular formula is C8H14Cl2N2. The van der Waals surface area contributed by atoms with Gasteiger partial charge in [-0.25, -0.2) is 0 Å². The van der Waals surface area contributed by atoms with Crippen molar-refractivity contribution in [3.63, 3.8) is 0 Å². The van der Waals surface area contributed by atoms with Crippen molar-refractivity contribution in [3.05, 3.63) is 0 Å². The van der Waals surface area contributed by atoms with Gasteiger partial charge in [0.25, 0.3) is 0 Å². The van der Waals surface area contributed by atoms with E-state index < -0.39 is 5.54 Å². The number of halogens is 2. The molecule has 0 aliphatic rings. The first kappa shape index (κ1) is 12.0. The number of nitrogens with zero attached hydrogens (tertiary/aromatic N) is 2. The Bertz CT molecular complexity index is 174. The van der Waals surface area contributed by atoms with Crippen LogP contribution in [0, 0.1) is 17.2 Å². The van der Waals surface area contributed by atoms with Crippen molar-refractivity contribution in [1.82, 2.24) is 3.94 Å². The van der Waals surface area contributed by atoms with Gasteiger partial charge in [-0.2, -0.15) is 5.26 Å². The highest BCUT2D eigenvalue weighted by molar-refractivity contribution is 6.34. The molecule has 0 N–H and O–H groups in total. The van der Waals surface area contributed by atoms with Crippen LogP contribution in [0.4, 0.5) is 0 Å². The lowest BCUT2D eigenvalue weighted by molar-refractivity contribution is 0.351. The normalized spacial score (nSPS) is 16.2. The molecule has 0 bridgehead atoms. The summed E-state index contributed by atoms with van der Waals surface area (Å²) < 4.78 is 0.940. The van der Waals surface area contributed by atoms with Crippen molar-refractivity contribution in [3.8, 4) is 6.07 Å². The first-order valence-corrected chi connectivity index (χ1v) is 4.63. The zero-order valence-corrected chi connectivity index (χ0v) is 9.15. The molecule has 0 aromatic carbocycles. The van der Waals surface area contributed by atoms with Gasteiger partial charge in [0.2, 0.25) is 0 Å². The van der Waals surface area contributed by atoms with Gasteiger partial charge >= 0.3 is 0 Å². The third kappa shape index (κ3) is 3.62. The highest BCUT2D eigenvalue weighted by atomic mass is 35.5. The lowest BCUT2D eigenvalue weighted by Crippen LogP contribution is -2.33. The maximum absolute atomic E-state index is 8.81. The first-order valence-electron chi connectivity index (χ1n) is 3.95. The van der Waals surface area contributed by atoms with Crippen molar-refractivity contribution >= 4 is 23.6 Å². The van der Waals surface area contributed by atoms with Gasteiger partial charge in [0.05, 0.1) is 6.07 Å². The van der Waals surface area contributed by atoms with E-state index in [1.54, 1.807) is 6.92 Å². The molecule has 0 radical (unpaired) electrons. The quantitative estimate of drug-likeness (QED) is 0.664. The monoisotopic (exact) mass is 208 g/mol. The number of nitriles is 1. The van der Waals surface area contributed by atoms with Gasteiger partial charge in [-0.3, -0.25) is 0 Å². The Morgan fingerprint density at radius 3 is 2.25 bits per heavy atom. The van der Waals surface area contributed by atoms with Gasteiger partial charge in [0, 0.05) is 0 Å². The Kier molecular flexibility index (Phi) is 4.92. The molecule has 0 spiro atoms. The minimum Gasteiger partial charge on any atom is -0.196 e. The van der Waals surface area contributed by atoms with Crippen molar-refractivity contribution in [1.29, 1.82) is 5.26 Å². The summed E-state index contributed by atoms with van der Waals surface area (Å²) in [6.07, 6.45) is 1.63. The Balaban J connectivity index is 4.09. The molecule has 2 nitrogen and oxygen atoms in total. The van der Waals surface area contributed by atoms with E-state index in [9.17, 15) is 0 Å². The fourth-order valence-electron chi connectivity index (χ4n) is 0.748. The molecule has 1 atom stereocenters. The topological polar surface area (TPSA) is 27.0 Å². The van der Waals surface area contributed by atoms with Crippen molar-refractivity contribution in [2.45, 2.75) is 39.2 Å². The Morgan fingerprint density at radius 1 is 1.50 bits per heavy atom. The summed E-state index contributed by atoms with van der Waals surface area (Å²) in [5.41, 5.74) is -0.757. The van der Waals surface area contributed by atoms with E-state index in [0.717, 1.165) is 10.4 Å². The van der Waals surface area contributed by atoms with Gasteiger partial charge in [-0.1, -0.05) is 13.8 Å². The SMILES string of the molecule is CC(C)CCC(C)(C#N)N(Cl)Cl. The fraction of sp³-hybridized carbons (Fsp3) is 0.875. The van der Waals surface area contributed by atoms with E-state index in [-0.39, 0.29) is 0 Å². The van der Waals surface area contributed by atoms with Gasteiger partial charge in [0.15, 0.2) is 0 Å². The van der Waals surface area contributed by atoms with E-state index in [0.29, 0.717) is 12.3 Å². The maximum atomic E-state index is 8.81. The van der Waals surface area contributed by atoms with Crippen LogP contribution >= 0.6 is 23.6 Å². The fourth-order valence-corrected chi connectivity index (χ4v) is 0.993. The summed E-state index contributed by atoms with van der Waals surface area (Å²) in [7, 11) is 0. The van der Waals surface area contributed by atoms with Crippen LogP contribution in [0.25, 0.3) is 0 Å². The zero-order chi connectivity index (χ0) is 9.78. The molecule has 12 heavy (non-hydrogen) atoms. The number of hydrogen-bond donors (Lipinski definition) is 0. The van der Waals surface area contributed by atoms with Crippen LogP contribution in [-0.2, 0) is 0 Å². The highest BCUT2D eigenvalue weighted by Gasteiger charge is 2.29. The molecule has 0 aliphatic heterocycles. The lowest BCUT2D eigenvalue weighted by Gasteiger charge is -2.24. The van der Waals surface area contributed by atoms with Crippen molar-refractivity contribution in [2.75, 3.05) is 0 Å². The molecule has 0 fully saturated rings. The van der Waals surface area contributed by atoms with Crippen LogP contribution < -0.4 is 0 Å². The van der Waals surface area contributed by atoms with Crippen LogP contribution in [0.2, 0.25) is 0 Å². The summed E-state index contributed by atoms with van der Waals surface area (Å²) in [4.78, 5) is 0. The second-order valence-corrected chi connectivity index (χ2v) is 4.40. The smallest absolute Gasteiger partial charge is 0.136 e. The molecule has 4 heteroatoms. The average Bonchev–Trinajstić information content (AvgIpc) is 1.99. The van der Waals surface area contributed by atoms with Crippen molar-refractivity contribution in [2.24, 2.45) is 5.92 Å². The summed E-state index contributed by atoms with van der Waals surface area (Å²) in [5.74, 6) is 0.561. The molecule has 70 valence electrons. The summed E-state index contributed by atoms with van der Waals surface area (Å²) in [5, 5.41) is 8.81. The second-order valence-electron chi connectivity index (χ2n) is 3.55. The van der Waals surface area contributed by atoms with Crippen molar-refractivity contribution < 1.29 is 0 Å². The largest absolute Gasteiger partial charge is 0.196 e. The summed E-state index contributed by atoms with van der Waals surface area (Å²) >= 11 is 11.1. The molecule has 0 heterocycles. The van der Waals surface area contributed by atoms with Gasteiger partial charge in [-0.15, -0.1) is 3.94 Å². The van der Waals surface area contributed by atoms with E-state index in [1.165, 1.54) is 0 Å². The van der Waals surface area contributed by atoms with E-state index >= 15 is 0 Å². The van der Waals surface area contributed by atoms with Crippen LogP contribution in [0.3, 0.4) is 0 Å². The maximum Gasteiger partial charge on any atom is 0.136 e. The average molecular weight is 209 g/mol. The second kappa shape index (κ2) is 4.91. The molecule has 0 saturated carbocycles. The lowest BCUT2D eigenvalue weighted by atomic mass is 9.94. The van der Waals surface area contributed by atoms with Gasteiger partial charge in [-0.05, 0) is 49.2 Å². The third-order valence-corrected chi connectivity index (χ3v) is 2.57. The Morgan fingerprint density at radius 2 is 2.00 bits per heavy atom. The van der Waals surface area contributed by atoms with E-state index in [4.69, 9.17) is 28.8 Å². The molecule has 0 aliphatic carbocycles. The van der Waals surface area contributed by atoms with Gasteiger partial charge in [0.1, 0.15) is 5.54 Å². The number of hydrogen-bond acceptors (Lipinski definition) is 2. The van der Waals surface area contributed by atoms with Crippen LogP contribution in [0.5, 0.6) is 0 Å². The summed E-state index contributed by atoms with van der Waals surface area (Å²) in [6.45, 7) is 5.94. The molecule has 0 aromatic heterocycles. The minimum atomic E-state index is -0.757.